The molecular formula is C12H21NO3S2. The minimum absolute atomic E-state index is 0.0943. The lowest BCUT2D eigenvalue weighted by molar-refractivity contribution is 0.252. The van der Waals surface area contributed by atoms with Gasteiger partial charge in [0.1, 0.15) is 0 Å². The second-order valence-corrected chi connectivity index (χ2v) is 8.14. The van der Waals surface area contributed by atoms with E-state index < -0.39 is 10.0 Å². The summed E-state index contributed by atoms with van der Waals surface area (Å²) < 4.78 is 26.7. The van der Waals surface area contributed by atoms with Crippen LogP contribution in [-0.2, 0) is 16.6 Å². The Kier molecular flexibility index (Phi) is 4.94. The zero-order valence-electron chi connectivity index (χ0n) is 11.2. The van der Waals surface area contributed by atoms with E-state index in [9.17, 15) is 8.42 Å². The molecule has 0 atom stereocenters. The highest BCUT2D eigenvalue weighted by molar-refractivity contribution is 7.89. The van der Waals surface area contributed by atoms with Gasteiger partial charge in [0.15, 0.2) is 0 Å². The van der Waals surface area contributed by atoms with Crippen LogP contribution in [0.15, 0.2) is 16.3 Å². The van der Waals surface area contributed by atoms with E-state index in [1.807, 2.05) is 13.8 Å². The van der Waals surface area contributed by atoms with Gasteiger partial charge >= 0.3 is 0 Å². The molecule has 0 amide bonds. The van der Waals surface area contributed by atoms with Crippen LogP contribution in [-0.4, -0.2) is 20.1 Å². The Labute approximate surface area is 113 Å². The van der Waals surface area contributed by atoms with E-state index in [1.165, 1.54) is 17.4 Å². The summed E-state index contributed by atoms with van der Waals surface area (Å²) in [6.07, 6.45) is 0. The van der Waals surface area contributed by atoms with E-state index in [-0.39, 0.29) is 16.9 Å². The maximum absolute atomic E-state index is 12.0. The van der Waals surface area contributed by atoms with Crippen LogP contribution in [0.5, 0.6) is 0 Å². The van der Waals surface area contributed by atoms with Crippen molar-refractivity contribution < 1.29 is 13.5 Å². The molecule has 0 unspecified atom stereocenters. The van der Waals surface area contributed by atoms with E-state index in [1.54, 1.807) is 5.38 Å². The standard InChI is InChI=1S/C12H21NO3S2/c1-9(2)12(3,4)8-13-18(15,16)11-5-10(6-14)17-7-11/h5,7,9,13-14H,6,8H2,1-4H3. The van der Waals surface area contributed by atoms with E-state index in [2.05, 4.69) is 18.6 Å². The van der Waals surface area contributed by atoms with Gasteiger partial charge in [0.2, 0.25) is 10.0 Å². The van der Waals surface area contributed by atoms with Gasteiger partial charge in [-0.15, -0.1) is 11.3 Å². The van der Waals surface area contributed by atoms with Gasteiger partial charge in [0.05, 0.1) is 11.5 Å². The first-order chi connectivity index (χ1) is 8.19. The van der Waals surface area contributed by atoms with Gasteiger partial charge in [-0.3, -0.25) is 0 Å². The molecule has 0 aliphatic heterocycles. The number of sulfonamides is 1. The predicted molar refractivity (Wildman–Crippen MR) is 74.0 cm³/mol. The molecule has 0 saturated carbocycles. The van der Waals surface area contributed by atoms with Crippen LogP contribution in [0, 0.1) is 11.3 Å². The SMILES string of the molecule is CC(C)C(C)(C)CNS(=O)(=O)c1csc(CO)c1. The summed E-state index contributed by atoms with van der Waals surface area (Å²) in [7, 11) is -3.47. The molecule has 18 heavy (non-hydrogen) atoms. The molecule has 1 rings (SSSR count). The van der Waals surface area contributed by atoms with Gasteiger partial charge in [0.25, 0.3) is 0 Å². The third-order valence-corrected chi connectivity index (χ3v) is 5.83. The fraction of sp³-hybridized carbons (Fsp3) is 0.667. The van der Waals surface area contributed by atoms with Gasteiger partial charge in [-0.05, 0) is 17.4 Å². The molecule has 6 heteroatoms. The average molecular weight is 291 g/mol. The van der Waals surface area contributed by atoms with Gasteiger partial charge in [-0.1, -0.05) is 27.7 Å². The summed E-state index contributed by atoms with van der Waals surface area (Å²) in [5.74, 6) is 0.385. The lowest BCUT2D eigenvalue weighted by Gasteiger charge is -2.29. The Morgan fingerprint density at radius 1 is 1.44 bits per heavy atom. The number of rotatable bonds is 6. The van der Waals surface area contributed by atoms with Crippen molar-refractivity contribution in [3.63, 3.8) is 0 Å². The molecule has 1 aromatic rings. The van der Waals surface area contributed by atoms with E-state index in [0.717, 1.165) is 0 Å². The Morgan fingerprint density at radius 2 is 2.06 bits per heavy atom. The van der Waals surface area contributed by atoms with E-state index >= 15 is 0 Å². The highest BCUT2D eigenvalue weighted by Crippen LogP contribution is 2.26. The van der Waals surface area contributed by atoms with Crippen molar-refractivity contribution in [2.45, 2.75) is 39.2 Å². The number of hydrogen-bond donors (Lipinski definition) is 2. The van der Waals surface area contributed by atoms with Crippen LogP contribution >= 0.6 is 11.3 Å². The van der Waals surface area contributed by atoms with E-state index in [0.29, 0.717) is 17.3 Å². The van der Waals surface area contributed by atoms with Gasteiger partial charge in [-0.25, -0.2) is 13.1 Å². The maximum Gasteiger partial charge on any atom is 0.241 e. The van der Waals surface area contributed by atoms with Crippen LogP contribution in [0.2, 0.25) is 0 Å². The van der Waals surface area contributed by atoms with Crippen molar-refractivity contribution in [2.75, 3.05) is 6.54 Å². The van der Waals surface area contributed by atoms with Crippen LogP contribution in [0.25, 0.3) is 0 Å². The molecule has 1 aromatic heterocycles. The zero-order chi connectivity index (χ0) is 14.0. The largest absolute Gasteiger partial charge is 0.391 e. The third-order valence-electron chi connectivity index (χ3n) is 3.38. The fourth-order valence-corrected chi connectivity index (χ4v) is 3.51. The van der Waals surface area contributed by atoms with Gasteiger partial charge in [-0.2, -0.15) is 0 Å². The minimum Gasteiger partial charge on any atom is -0.391 e. The zero-order valence-corrected chi connectivity index (χ0v) is 12.9. The third kappa shape index (κ3) is 3.78. The van der Waals surface area contributed by atoms with Gasteiger partial charge in [0, 0.05) is 16.8 Å². The van der Waals surface area contributed by atoms with Crippen molar-refractivity contribution in [1.29, 1.82) is 0 Å². The normalized spacial score (nSPS) is 13.2. The van der Waals surface area contributed by atoms with E-state index in [4.69, 9.17) is 5.11 Å². The summed E-state index contributed by atoms with van der Waals surface area (Å²) in [6, 6.07) is 1.51. The number of hydrogen-bond acceptors (Lipinski definition) is 4. The number of nitrogens with one attached hydrogen (secondary N) is 1. The topological polar surface area (TPSA) is 66.4 Å². The molecule has 104 valence electrons. The molecule has 0 aromatic carbocycles. The Hall–Kier alpha value is -0.430. The van der Waals surface area contributed by atoms with Crippen molar-refractivity contribution in [1.82, 2.24) is 4.72 Å². The van der Waals surface area contributed by atoms with Crippen LogP contribution in [0.1, 0.15) is 32.6 Å². The molecule has 0 bridgehead atoms. The summed E-state index contributed by atoms with van der Waals surface area (Å²) in [6.45, 7) is 8.49. The number of aliphatic hydroxyl groups excluding tert-OH is 1. The summed E-state index contributed by atoms with van der Waals surface area (Å²) in [4.78, 5) is 0.884. The molecule has 4 nitrogen and oxygen atoms in total. The first kappa shape index (κ1) is 15.6. The minimum atomic E-state index is -3.47. The smallest absolute Gasteiger partial charge is 0.241 e. The fourth-order valence-electron chi connectivity index (χ4n) is 1.15. The molecule has 1 heterocycles. The first-order valence-electron chi connectivity index (χ1n) is 5.87. The lowest BCUT2D eigenvalue weighted by atomic mass is 9.81. The number of aliphatic hydroxyl groups is 1. The summed E-state index contributed by atoms with van der Waals surface area (Å²) in [5, 5.41) is 10.5. The van der Waals surface area contributed by atoms with Crippen LogP contribution in [0.3, 0.4) is 0 Å². The molecule has 0 spiro atoms. The lowest BCUT2D eigenvalue weighted by Crippen LogP contribution is -2.36. The Bertz CT molecular complexity index is 489. The first-order valence-corrected chi connectivity index (χ1v) is 8.23. The van der Waals surface area contributed by atoms with Crippen LogP contribution < -0.4 is 4.72 Å². The van der Waals surface area contributed by atoms with Crippen molar-refractivity contribution in [2.24, 2.45) is 11.3 Å². The molecule has 0 saturated heterocycles. The monoisotopic (exact) mass is 291 g/mol. The number of thiophene rings is 1. The second kappa shape index (κ2) is 5.69. The Morgan fingerprint density at radius 3 is 2.50 bits per heavy atom. The molecule has 0 aliphatic carbocycles. The highest BCUT2D eigenvalue weighted by atomic mass is 32.2. The van der Waals surface area contributed by atoms with Crippen LogP contribution in [0.4, 0.5) is 0 Å². The maximum atomic E-state index is 12.0. The quantitative estimate of drug-likeness (QED) is 0.844. The Balaban J connectivity index is 2.77. The molecular weight excluding hydrogens is 270 g/mol. The van der Waals surface area contributed by atoms with Crippen molar-refractivity contribution in [3.05, 3.63) is 16.3 Å². The molecule has 2 N–H and O–H groups in total. The predicted octanol–water partition coefficient (Wildman–Crippen LogP) is 2.20. The molecule has 0 aliphatic rings. The summed E-state index contributed by atoms with van der Waals surface area (Å²) >= 11 is 1.25. The van der Waals surface area contributed by atoms with Gasteiger partial charge < -0.3 is 5.11 Å². The molecule has 0 fully saturated rings. The second-order valence-electron chi connectivity index (χ2n) is 5.37. The molecule has 0 radical (unpaired) electrons. The van der Waals surface area contributed by atoms with Crippen molar-refractivity contribution in [3.8, 4) is 0 Å². The average Bonchev–Trinajstić information content (AvgIpc) is 2.75. The van der Waals surface area contributed by atoms with Crippen molar-refractivity contribution >= 4 is 21.4 Å². The highest BCUT2D eigenvalue weighted by Gasteiger charge is 2.25. The summed E-state index contributed by atoms with van der Waals surface area (Å²) in [5.41, 5.74) is -0.0943.